The molecule has 0 bridgehead atoms. The molecule has 0 amide bonds. The van der Waals surface area contributed by atoms with Crippen LogP contribution in [0.5, 0.6) is 11.5 Å². The van der Waals surface area contributed by atoms with Gasteiger partial charge in [0.25, 0.3) is 0 Å². The third-order valence-corrected chi connectivity index (χ3v) is 3.23. The molecule has 0 aliphatic heterocycles. The molecule has 102 valence electrons. The van der Waals surface area contributed by atoms with E-state index in [0.717, 1.165) is 0 Å². The Morgan fingerprint density at radius 1 is 1.17 bits per heavy atom. The fraction of sp³-hybridized carbons (Fsp3) is 0.571. The van der Waals surface area contributed by atoms with Crippen molar-refractivity contribution in [3.63, 3.8) is 0 Å². The summed E-state index contributed by atoms with van der Waals surface area (Å²) < 4.78 is 24.7. The Morgan fingerprint density at radius 3 is 2.22 bits per heavy atom. The first kappa shape index (κ1) is 14.8. The van der Waals surface area contributed by atoms with Crippen LogP contribution < -0.4 is 15.2 Å². The monoisotopic (exact) mass is 255 g/mol. The quantitative estimate of drug-likeness (QED) is 0.850. The normalized spacial score (nSPS) is 14.4. The number of benzene rings is 1. The van der Waals surface area contributed by atoms with Crippen molar-refractivity contribution < 1.29 is 13.9 Å². The maximum atomic E-state index is 14.4. The zero-order valence-corrected chi connectivity index (χ0v) is 11.4. The van der Waals surface area contributed by atoms with Gasteiger partial charge in [0.05, 0.1) is 14.2 Å². The predicted molar refractivity (Wildman–Crippen MR) is 70.8 cm³/mol. The largest absolute Gasteiger partial charge is 0.493 e. The smallest absolute Gasteiger partial charge is 0.161 e. The molecule has 1 aromatic rings. The van der Waals surface area contributed by atoms with Crippen LogP contribution in [-0.4, -0.2) is 20.8 Å². The highest BCUT2D eigenvalue weighted by atomic mass is 19.1. The Balaban J connectivity index is 3.02. The van der Waals surface area contributed by atoms with Gasteiger partial charge < -0.3 is 15.2 Å². The van der Waals surface area contributed by atoms with E-state index in [-0.39, 0.29) is 11.8 Å². The van der Waals surface area contributed by atoms with Gasteiger partial charge in [-0.15, -0.1) is 0 Å². The van der Waals surface area contributed by atoms with E-state index < -0.39 is 6.17 Å². The second-order valence-electron chi connectivity index (χ2n) is 4.66. The van der Waals surface area contributed by atoms with Crippen LogP contribution in [0, 0.1) is 11.8 Å². The molecule has 0 aliphatic rings. The minimum atomic E-state index is -1.09. The van der Waals surface area contributed by atoms with Gasteiger partial charge in [-0.2, -0.15) is 0 Å². The maximum Gasteiger partial charge on any atom is 0.161 e. The summed E-state index contributed by atoms with van der Waals surface area (Å²) in [6.45, 7) is 4.28. The molecule has 2 N–H and O–H groups in total. The molecular formula is C14H22FNO2. The van der Waals surface area contributed by atoms with Gasteiger partial charge in [-0.1, -0.05) is 19.9 Å². The van der Waals surface area contributed by atoms with Gasteiger partial charge in [0.15, 0.2) is 11.5 Å². The Labute approximate surface area is 108 Å². The number of methoxy groups -OCH3 is 2. The summed E-state index contributed by atoms with van der Waals surface area (Å²) in [5.74, 6) is 1.14. The second-order valence-corrected chi connectivity index (χ2v) is 4.66. The van der Waals surface area contributed by atoms with Crippen LogP contribution in [-0.2, 0) is 0 Å². The Hall–Kier alpha value is -1.29. The first-order valence-electron chi connectivity index (χ1n) is 6.11. The lowest BCUT2D eigenvalue weighted by Gasteiger charge is -2.23. The third kappa shape index (κ3) is 3.13. The summed E-state index contributed by atoms with van der Waals surface area (Å²) in [6, 6.07) is 5.11. The van der Waals surface area contributed by atoms with Crippen molar-refractivity contribution in [2.75, 3.05) is 20.8 Å². The highest BCUT2D eigenvalue weighted by molar-refractivity contribution is 5.43. The molecule has 0 heterocycles. The van der Waals surface area contributed by atoms with Gasteiger partial charge in [0.2, 0.25) is 0 Å². The summed E-state index contributed by atoms with van der Waals surface area (Å²) in [5, 5.41) is 0. The first-order valence-corrected chi connectivity index (χ1v) is 6.11. The summed E-state index contributed by atoms with van der Waals surface area (Å²) in [4.78, 5) is 0. The number of nitrogens with two attached hydrogens (primary N) is 1. The first-order chi connectivity index (χ1) is 8.54. The van der Waals surface area contributed by atoms with Gasteiger partial charge in [0.1, 0.15) is 6.17 Å². The van der Waals surface area contributed by atoms with Crippen molar-refractivity contribution in [1.82, 2.24) is 0 Å². The van der Waals surface area contributed by atoms with E-state index in [1.807, 2.05) is 13.8 Å². The number of alkyl halides is 1. The van der Waals surface area contributed by atoms with Crippen molar-refractivity contribution >= 4 is 0 Å². The highest BCUT2D eigenvalue weighted by Gasteiger charge is 2.25. The molecule has 1 aromatic carbocycles. The molecule has 0 fully saturated rings. The molecule has 0 aromatic heterocycles. The van der Waals surface area contributed by atoms with Crippen LogP contribution >= 0.6 is 0 Å². The van der Waals surface area contributed by atoms with E-state index in [9.17, 15) is 4.39 Å². The maximum absolute atomic E-state index is 14.4. The predicted octanol–water partition coefficient (Wildman–Crippen LogP) is 2.95. The number of hydrogen-bond acceptors (Lipinski definition) is 3. The fourth-order valence-corrected chi connectivity index (χ4v) is 2.00. The second kappa shape index (κ2) is 6.59. The van der Waals surface area contributed by atoms with Crippen molar-refractivity contribution in [2.24, 2.45) is 17.6 Å². The van der Waals surface area contributed by atoms with Crippen LogP contribution in [0.15, 0.2) is 18.2 Å². The molecule has 1 rings (SSSR count). The van der Waals surface area contributed by atoms with E-state index >= 15 is 0 Å². The van der Waals surface area contributed by atoms with Crippen LogP contribution in [0.3, 0.4) is 0 Å². The van der Waals surface area contributed by atoms with Crippen LogP contribution in [0.4, 0.5) is 4.39 Å². The summed E-state index contributed by atoms with van der Waals surface area (Å²) in [6.07, 6.45) is -1.09. The number of hydrogen-bond donors (Lipinski definition) is 1. The topological polar surface area (TPSA) is 44.5 Å². The molecule has 18 heavy (non-hydrogen) atoms. The molecular weight excluding hydrogens is 233 g/mol. The summed E-state index contributed by atoms with van der Waals surface area (Å²) >= 11 is 0. The average Bonchev–Trinajstić information content (AvgIpc) is 2.38. The van der Waals surface area contributed by atoms with Crippen molar-refractivity contribution in [2.45, 2.75) is 20.0 Å². The van der Waals surface area contributed by atoms with Crippen LogP contribution in [0.2, 0.25) is 0 Å². The lowest BCUT2D eigenvalue weighted by molar-refractivity contribution is 0.188. The molecule has 2 unspecified atom stereocenters. The van der Waals surface area contributed by atoms with E-state index in [1.165, 1.54) is 7.11 Å². The molecule has 2 atom stereocenters. The van der Waals surface area contributed by atoms with Crippen molar-refractivity contribution in [1.29, 1.82) is 0 Å². The molecule has 0 saturated heterocycles. The molecule has 0 aliphatic carbocycles. The van der Waals surface area contributed by atoms with Gasteiger partial charge in [0, 0.05) is 5.92 Å². The average molecular weight is 255 g/mol. The van der Waals surface area contributed by atoms with E-state index in [0.29, 0.717) is 23.6 Å². The standard InChI is InChI=1S/C14H22FNO2/c1-9(2)11(8-16)14(15)10-5-6-12(17-3)13(7-10)18-4/h5-7,9,11,14H,8,16H2,1-4H3. The minimum absolute atomic E-state index is 0.192. The Morgan fingerprint density at radius 2 is 1.78 bits per heavy atom. The molecule has 4 heteroatoms. The van der Waals surface area contributed by atoms with Crippen LogP contribution in [0.1, 0.15) is 25.6 Å². The number of rotatable bonds is 6. The van der Waals surface area contributed by atoms with Gasteiger partial charge in [-0.25, -0.2) is 4.39 Å². The number of ether oxygens (including phenoxy) is 2. The lowest BCUT2D eigenvalue weighted by Crippen LogP contribution is -2.24. The molecule has 0 spiro atoms. The van der Waals surface area contributed by atoms with Crippen molar-refractivity contribution in [3.8, 4) is 11.5 Å². The van der Waals surface area contributed by atoms with E-state index in [4.69, 9.17) is 15.2 Å². The van der Waals surface area contributed by atoms with Gasteiger partial charge >= 0.3 is 0 Å². The third-order valence-electron chi connectivity index (χ3n) is 3.23. The summed E-state index contributed by atoms with van der Waals surface area (Å²) in [7, 11) is 3.10. The van der Waals surface area contributed by atoms with Gasteiger partial charge in [-0.3, -0.25) is 0 Å². The Bertz CT molecular complexity index is 382. The van der Waals surface area contributed by atoms with E-state index in [1.54, 1.807) is 25.3 Å². The summed E-state index contributed by atoms with van der Waals surface area (Å²) in [5.41, 5.74) is 6.22. The Kier molecular flexibility index (Phi) is 5.41. The highest BCUT2D eigenvalue weighted by Crippen LogP contribution is 2.36. The minimum Gasteiger partial charge on any atom is -0.493 e. The van der Waals surface area contributed by atoms with Crippen molar-refractivity contribution in [3.05, 3.63) is 23.8 Å². The zero-order valence-electron chi connectivity index (χ0n) is 11.4. The fourth-order valence-electron chi connectivity index (χ4n) is 2.00. The lowest BCUT2D eigenvalue weighted by atomic mass is 9.87. The van der Waals surface area contributed by atoms with E-state index in [2.05, 4.69) is 0 Å². The zero-order chi connectivity index (χ0) is 13.7. The van der Waals surface area contributed by atoms with Crippen LogP contribution in [0.25, 0.3) is 0 Å². The number of halogens is 1. The molecule has 0 radical (unpaired) electrons. The molecule has 3 nitrogen and oxygen atoms in total. The SMILES string of the molecule is COc1ccc(C(F)C(CN)C(C)C)cc1OC. The van der Waals surface area contributed by atoms with Gasteiger partial charge in [-0.05, 0) is 30.2 Å². The molecule has 0 saturated carbocycles.